The summed E-state index contributed by atoms with van der Waals surface area (Å²) in [6, 6.07) is -0.655. The Morgan fingerprint density at radius 3 is 2.65 bits per heavy atom. The molecule has 0 aromatic rings. The molecule has 0 amide bonds. The van der Waals surface area contributed by atoms with Crippen LogP contribution in [-0.2, 0) is 14.3 Å². The molecular formula is C15H25N2O3+. The summed E-state index contributed by atoms with van der Waals surface area (Å²) in [5, 5.41) is 0. The van der Waals surface area contributed by atoms with Crippen LogP contribution in [0.4, 0.5) is 0 Å². The molecule has 20 heavy (non-hydrogen) atoms. The van der Waals surface area contributed by atoms with Crippen molar-refractivity contribution in [2.24, 2.45) is 5.73 Å². The number of carbonyl (C=O) groups excluding carboxylic acids is 1. The van der Waals surface area contributed by atoms with Crippen molar-refractivity contribution >= 4 is 5.97 Å². The van der Waals surface area contributed by atoms with Crippen LogP contribution in [0.3, 0.4) is 0 Å². The molecule has 2 unspecified atom stereocenters. The first kappa shape index (κ1) is 16.7. The quantitative estimate of drug-likeness (QED) is 0.757. The Labute approximate surface area is 120 Å². The van der Waals surface area contributed by atoms with Gasteiger partial charge in [-0.05, 0) is 25.8 Å². The van der Waals surface area contributed by atoms with Gasteiger partial charge in [0.15, 0.2) is 0 Å². The lowest BCUT2D eigenvalue weighted by Gasteiger charge is -2.29. The van der Waals surface area contributed by atoms with E-state index < -0.39 is 0 Å². The molecule has 5 heteroatoms. The topological polar surface area (TPSA) is 65.9 Å². The van der Waals surface area contributed by atoms with Gasteiger partial charge >= 0.3 is 5.97 Å². The average molecular weight is 281 g/mol. The zero-order chi connectivity index (χ0) is 15.1. The Morgan fingerprint density at radius 2 is 2.15 bits per heavy atom. The van der Waals surface area contributed by atoms with Gasteiger partial charge < -0.3 is 15.2 Å². The molecule has 0 spiro atoms. The molecule has 0 saturated heterocycles. The van der Waals surface area contributed by atoms with E-state index in [0.29, 0.717) is 18.6 Å². The van der Waals surface area contributed by atoms with Crippen LogP contribution in [0.1, 0.15) is 40.0 Å². The summed E-state index contributed by atoms with van der Waals surface area (Å²) in [5.74, 6) is -0.341. The molecule has 0 aromatic carbocycles. The maximum atomic E-state index is 11.9. The van der Waals surface area contributed by atoms with Crippen molar-refractivity contribution in [1.82, 2.24) is 0 Å². The summed E-state index contributed by atoms with van der Waals surface area (Å²) < 4.78 is 11.0. The lowest BCUT2D eigenvalue weighted by molar-refractivity contribution is -0.139. The number of rotatable bonds is 6. The van der Waals surface area contributed by atoms with Crippen LogP contribution < -0.4 is 5.73 Å². The molecule has 0 bridgehead atoms. The Hall–Kier alpha value is -1.38. The van der Waals surface area contributed by atoms with Crippen LogP contribution in [0.5, 0.6) is 0 Å². The number of hydrogen-bond donors (Lipinski definition) is 1. The van der Waals surface area contributed by atoms with E-state index in [9.17, 15) is 4.79 Å². The summed E-state index contributed by atoms with van der Waals surface area (Å²) in [5.41, 5.74) is 6.68. The third-order valence-electron chi connectivity index (χ3n) is 3.61. The third-order valence-corrected chi connectivity index (χ3v) is 3.61. The van der Waals surface area contributed by atoms with E-state index in [1.165, 1.54) is 0 Å². The van der Waals surface area contributed by atoms with Crippen molar-refractivity contribution in [1.29, 1.82) is 0 Å². The number of carbonyl (C=O) groups is 1. The van der Waals surface area contributed by atoms with Crippen LogP contribution in [0.25, 0.3) is 4.85 Å². The molecule has 2 N–H and O–H groups in total. The van der Waals surface area contributed by atoms with Crippen molar-refractivity contribution < 1.29 is 14.3 Å². The third kappa shape index (κ3) is 4.06. The summed E-state index contributed by atoms with van der Waals surface area (Å²) in [6.45, 7) is 11.6. The summed E-state index contributed by atoms with van der Waals surface area (Å²) in [7, 11) is 0. The van der Waals surface area contributed by atoms with Crippen molar-refractivity contribution in [2.45, 2.75) is 64.3 Å². The molecule has 1 rings (SSSR count). The Morgan fingerprint density at radius 1 is 1.50 bits per heavy atom. The van der Waals surface area contributed by atoms with Gasteiger partial charge in [0.2, 0.25) is 0 Å². The molecule has 0 saturated carbocycles. The molecular weight excluding hydrogens is 256 g/mol. The monoisotopic (exact) mass is 281 g/mol. The standard InChI is InChI=1S/C15H25N2O3/c1-5-11(6-2)20-13-9-10(15(18)19-7-3)8-12(17-4)14(13)16/h4,9,11-14H,5-8,16H2,1-3H3/q+1/t12?,13-,14?/m0/s1. The highest BCUT2D eigenvalue weighted by Gasteiger charge is 2.40. The molecule has 0 aliphatic heterocycles. The maximum absolute atomic E-state index is 11.9. The first-order chi connectivity index (χ1) is 9.57. The van der Waals surface area contributed by atoms with Crippen molar-refractivity contribution in [3.63, 3.8) is 0 Å². The van der Waals surface area contributed by atoms with Crippen molar-refractivity contribution in [3.05, 3.63) is 16.5 Å². The molecule has 1 aliphatic rings. The summed E-state index contributed by atoms with van der Waals surface area (Å²) in [4.78, 5) is 15.6. The van der Waals surface area contributed by atoms with E-state index >= 15 is 0 Å². The Balaban J connectivity index is 2.90. The fourth-order valence-corrected chi connectivity index (χ4v) is 2.32. The number of hydrogen-bond acceptors (Lipinski definition) is 4. The first-order valence-corrected chi connectivity index (χ1v) is 7.26. The predicted octanol–water partition coefficient (Wildman–Crippen LogP) is 2.11. The van der Waals surface area contributed by atoms with E-state index in [1.807, 2.05) is 0 Å². The highest BCUT2D eigenvalue weighted by molar-refractivity contribution is 5.89. The zero-order valence-electron chi connectivity index (χ0n) is 12.5. The van der Waals surface area contributed by atoms with Gasteiger partial charge in [-0.25, -0.2) is 4.79 Å². The molecule has 5 nitrogen and oxygen atoms in total. The minimum atomic E-state index is -0.356. The molecule has 0 radical (unpaired) electrons. The number of nitrogens with zero attached hydrogens (tertiary/aromatic N) is 1. The summed E-state index contributed by atoms with van der Waals surface area (Å²) in [6.07, 6.45) is 3.72. The van der Waals surface area contributed by atoms with Crippen LogP contribution >= 0.6 is 0 Å². The average Bonchev–Trinajstić information content (AvgIpc) is 2.46. The van der Waals surface area contributed by atoms with Gasteiger partial charge in [-0.3, -0.25) is 0 Å². The second kappa shape index (κ2) is 8.03. The van der Waals surface area contributed by atoms with Gasteiger partial charge in [0.05, 0.1) is 25.2 Å². The fraction of sp³-hybridized carbons (Fsp3) is 0.733. The zero-order valence-corrected chi connectivity index (χ0v) is 12.5. The second-order valence-electron chi connectivity index (χ2n) is 4.95. The summed E-state index contributed by atoms with van der Waals surface area (Å²) >= 11 is 0. The maximum Gasteiger partial charge on any atom is 0.334 e. The Kier molecular flexibility index (Phi) is 6.69. The molecule has 112 valence electrons. The van der Waals surface area contributed by atoms with E-state index in [2.05, 4.69) is 18.7 Å². The van der Waals surface area contributed by atoms with Gasteiger partial charge in [-0.15, -0.1) is 0 Å². The van der Waals surface area contributed by atoms with Gasteiger partial charge in [0.25, 0.3) is 12.6 Å². The van der Waals surface area contributed by atoms with Crippen molar-refractivity contribution in [2.75, 3.05) is 6.61 Å². The molecule has 0 heterocycles. The van der Waals surface area contributed by atoms with Crippen LogP contribution in [0.2, 0.25) is 0 Å². The minimum absolute atomic E-state index is 0.113. The molecule has 1 aliphatic carbocycles. The van der Waals surface area contributed by atoms with E-state index in [1.54, 1.807) is 13.0 Å². The van der Waals surface area contributed by atoms with Crippen LogP contribution in [0, 0.1) is 6.57 Å². The second-order valence-corrected chi connectivity index (χ2v) is 4.95. The van der Waals surface area contributed by atoms with E-state index in [0.717, 1.165) is 12.8 Å². The van der Waals surface area contributed by atoms with Gasteiger partial charge in [0.1, 0.15) is 6.04 Å². The smallest absolute Gasteiger partial charge is 0.334 e. The van der Waals surface area contributed by atoms with Gasteiger partial charge in [-0.2, -0.15) is 0 Å². The minimum Gasteiger partial charge on any atom is -0.463 e. The van der Waals surface area contributed by atoms with Crippen LogP contribution in [-0.4, -0.2) is 36.9 Å². The highest BCUT2D eigenvalue weighted by atomic mass is 16.5. The van der Waals surface area contributed by atoms with Gasteiger partial charge in [-0.1, -0.05) is 18.7 Å². The van der Waals surface area contributed by atoms with E-state index in [-0.39, 0.29) is 30.3 Å². The molecule has 3 atom stereocenters. The van der Waals surface area contributed by atoms with Crippen LogP contribution in [0.15, 0.2) is 11.6 Å². The first-order valence-electron chi connectivity index (χ1n) is 7.26. The normalized spacial score (nSPS) is 26.0. The number of ether oxygens (including phenoxy) is 2. The van der Waals surface area contributed by atoms with E-state index in [4.69, 9.17) is 21.8 Å². The lowest BCUT2D eigenvalue weighted by atomic mass is 9.89. The van der Waals surface area contributed by atoms with Crippen molar-refractivity contribution in [3.8, 4) is 6.57 Å². The number of nitrogens with two attached hydrogens (primary N) is 1. The molecule has 0 aromatic heterocycles. The predicted molar refractivity (Wildman–Crippen MR) is 78.6 cm³/mol. The SMILES string of the molecule is C#[N+]C1CC(C(=O)OCC)=C[C@H](OC(CC)CC)C1N. The Bertz CT molecular complexity index is 396. The lowest BCUT2D eigenvalue weighted by Crippen LogP contribution is -2.48. The highest BCUT2D eigenvalue weighted by Crippen LogP contribution is 2.25. The number of esters is 1. The fourth-order valence-electron chi connectivity index (χ4n) is 2.32. The molecule has 0 fully saturated rings. The largest absolute Gasteiger partial charge is 0.463 e. The van der Waals surface area contributed by atoms with Gasteiger partial charge in [0, 0.05) is 5.57 Å².